The number of H-pyrrole nitrogens is 1. The van der Waals surface area contributed by atoms with Gasteiger partial charge in [-0.05, 0) is 12.5 Å². The molecule has 104 valence electrons. The molecule has 0 spiro atoms. The van der Waals surface area contributed by atoms with Gasteiger partial charge in [-0.3, -0.25) is 4.79 Å². The maximum absolute atomic E-state index is 12.1. The van der Waals surface area contributed by atoms with Gasteiger partial charge in [-0.1, -0.05) is 29.8 Å². The van der Waals surface area contributed by atoms with Crippen molar-refractivity contribution >= 4 is 0 Å². The standard InChI is InChI=1S/C15H12N4O2/c1-8-2-4-9(5-3-8)11-10(6-16)13(17)21-15-12(11)14(20)18-7-19-15/h2-5,7,11H,17H2,1H3,(H,18,19,20)/t11-/m0/s1. The first-order valence-corrected chi connectivity index (χ1v) is 6.33. The van der Waals surface area contributed by atoms with E-state index in [1.165, 1.54) is 6.33 Å². The fourth-order valence-electron chi connectivity index (χ4n) is 2.39. The second kappa shape index (κ2) is 4.80. The van der Waals surface area contributed by atoms with Crippen molar-refractivity contribution in [3.8, 4) is 11.9 Å². The summed E-state index contributed by atoms with van der Waals surface area (Å²) in [6.07, 6.45) is 1.25. The molecule has 0 unspecified atom stereocenters. The minimum absolute atomic E-state index is 0.0197. The van der Waals surface area contributed by atoms with Gasteiger partial charge in [-0.15, -0.1) is 0 Å². The number of hydrogen-bond donors (Lipinski definition) is 2. The van der Waals surface area contributed by atoms with Crippen LogP contribution in [0.2, 0.25) is 0 Å². The lowest BCUT2D eigenvalue weighted by Gasteiger charge is -2.24. The summed E-state index contributed by atoms with van der Waals surface area (Å²) >= 11 is 0. The molecule has 0 bridgehead atoms. The number of nitrogens with zero attached hydrogens (tertiary/aromatic N) is 2. The van der Waals surface area contributed by atoms with Crippen molar-refractivity contribution in [2.45, 2.75) is 12.8 Å². The molecule has 3 N–H and O–H groups in total. The topological polar surface area (TPSA) is 105 Å². The van der Waals surface area contributed by atoms with Gasteiger partial charge in [0.15, 0.2) is 0 Å². The van der Waals surface area contributed by atoms with Crippen LogP contribution in [0, 0.1) is 18.3 Å². The molecule has 0 fully saturated rings. The minimum atomic E-state index is -0.572. The zero-order valence-corrected chi connectivity index (χ0v) is 11.3. The largest absolute Gasteiger partial charge is 0.422 e. The molecule has 1 aliphatic heterocycles. The lowest BCUT2D eigenvalue weighted by atomic mass is 9.85. The van der Waals surface area contributed by atoms with Crippen molar-refractivity contribution in [2.24, 2.45) is 5.73 Å². The van der Waals surface area contributed by atoms with E-state index in [4.69, 9.17) is 10.5 Å². The van der Waals surface area contributed by atoms with E-state index < -0.39 is 5.92 Å². The van der Waals surface area contributed by atoms with Gasteiger partial charge in [0.25, 0.3) is 5.56 Å². The minimum Gasteiger partial charge on any atom is -0.422 e. The maximum atomic E-state index is 12.1. The van der Waals surface area contributed by atoms with E-state index in [0.717, 1.165) is 11.1 Å². The Hall–Kier alpha value is -3.07. The van der Waals surface area contributed by atoms with Crippen LogP contribution in [-0.4, -0.2) is 9.97 Å². The zero-order valence-electron chi connectivity index (χ0n) is 11.3. The molecule has 0 aliphatic carbocycles. The van der Waals surface area contributed by atoms with Crippen LogP contribution in [0.3, 0.4) is 0 Å². The second-order valence-corrected chi connectivity index (χ2v) is 4.79. The van der Waals surface area contributed by atoms with Gasteiger partial charge in [0, 0.05) is 0 Å². The maximum Gasteiger partial charge on any atom is 0.258 e. The van der Waals surface area contributed by atoms with E-state index in [0.29, 0.717) is 5.56 Å². The summed E-state index contributed by atoms with van der Waals surface area (Å²) in [6, 6.07) is 9.60. The summed E-state index contributed by atoms with van der Waals surface area (Å²) in [5.74, 6) is -0.453. The van der Waals surface area contributed by atoms with Gasteiger partial charge < -0.3 is 15.5 Å². The number of nitrogens with one attached hydrogen (secondary N) is 1. The summed E-state index contributed by atoms with van der Waals surface area (Å²) in [6.45, 7) is 1.96. The predicted molar refractivity (Wildman–Crippen MR) is 75.3 cm³/mol. The third-order valence-corrected chi connectivity index (χ3v) is 3.43. The van der Waals surface area contributed by atoms with Gasteiger partial charge >= 0.3 is 0 Å². The smallest absolute Gasteiger partial charge is 0.258 e. The van der Waals surface area contributed by atoms with Crippen molar-refractivity contribution in [3.05, 3.63) is 69.1 Å². The molecule has 0 amide bonds. The average Bonchev–Trinajstić information content (AvgIpc) is 2.47. The molecule has 1 aliphatic rings. The van der Waals surface area contributed by atoms with Crippen LogP contribution < -0.4 is 16.0 Å². The fraction of sp³-hybridized carbons (Fsp3) is 0.133. The zero-order chi connectivity index (χ0) is 15.0. The highest BCUT2D eigenvalue weighted by atomic mass is 16.5. The summed E-state index contributed by atoms with van der Waals surface area (Å²) in [5.41, 5.74) is 7.84. The Morgan fingerprint density at radius 1 is 1.38 bits per heavy atom. The number of benzene rings is 1. The van der Waals surface area contributed by atoms with Crippen LogP contribution in [0.25, 0.3) is 0 Å². The predicted octanol–water partition coefficient (Wildman–Crippen LogP) is 1.30. The van der Waals surface area contributed by atoms with Crippen LogP contribution in [0.4, 0.5) is 0 Å². The van der Waals surface area contributed by atoms with Crippen molar-refractivity contribution in [1.82, 2.24) is 9.97 Å². The molecule has 6 nitrogen and oxygen atoms in total. The van der Waals surface area contributed by atoms with E-state index in [1.54, 1.807) is 0 Å². The molecule has 0 saturated carbocycles. The first-order chi connectivity index (χ1) is 10.1. The van der Waals surface area contributed by atoms with Crippen LogP contribution in [0.1, 0.15) is 22.6 Å². The van der Waals surface area contributed by atoms with Crippen LogP contribution in [0.5, 0.6) is 5.88 Å². The number of hydrogen-bond acceptors (Lipinski definition) is 5. The third-order valence-electron chi connectivity index (χ3n) is 3.43. The number of ether oxygens (including phenoxy) is 1. The number of aryl methyl sites for hydroxylation is 1. The van der Waals surface area contributed by atoms with E-state index in [1.807, 2.05) is 37.3 Å². The number of nitrogens with two attached hydrogens (primary N) is 1. The lowest BCUT2D eigenvalue weighted by molar-refractivity contribution is 0.375. The number of fused-ring (bicyclic) bond motifs is 1. The molecule has 1 aromatic carbocycles. The van der Waals surface area contributed by atoms with E-state index in [-0.39, 0.29) is 22.9 Å². The monoisotopic (exact) mass is 280 g/mol. The van der Waals surface area contributed by atoms with Crippen LogP contribution in [0.15, 0.2) is 46.8 Å². The number of aromatic amines is 1. The van der Waals surface area contributed by atoms with Gasteiger partial charge in [0.05, 0.1) is 17.8 Å². The molecule has 2 heterocycles. The molecule has 1 atom stereocenters. The first-order valence-electron chi connectivity index (χ1n) is 6.33. The molecular formula is C15H12N4O2. The van der Waals surface area contributed by atoms with Crippen molar-refractivity contribution in [3.63, 3.8) is 0 Å². The number of aromatic nitrogens is 2. The Labute approximate surface area is 120 Å². The number of allylic oxidation sites excluding steroid dienone is 1. The molecule has 1 aromatic heterocycles. The number of rotatable bonds is 1. The van der Waals surface area contributed by atoms with Gasteiger partial charge in [0.2, 0.25) is 11.8 Å². The second-order valence-electron chi connectivity index (χ2n) is 4.79. The highest BCUT2D eigenvalue weighted by molar-refractivity contribution is 5.52. The first kappa shape index (κ1) is 12.9. The Bertz CT molecular complexity index is 828. The quantitative estimate of drug-likeness (QED) is 0.819. The van der Waals surface area contributed by atoms with Crippen LogP contribution >= 0.6 is 0 Å². The van der Waals surface area contributed by atoms with Crippen molar-refractivity contribution in [2.75, 3.05) is 0 Å². The van der Waals surface area contributed by atoms with Gasteiger partial charge in [-0.2, -0.15) is 5.26 Å². The molecular weight excluding hydrogens is 268 g/mol. The SMILES string of the molecule is Cc1ccc([C@H]2C(C#N)=C(N)Oc3nc[nH]c(=O)c32)cc1. The third kappa shape index (κ3) is 2.05. The summed E-state index contributed by atoms with van der Waals surface area (Å²) in [5, 5.41) is 9.36. The van der Waals surface area contributed by atoms with E-state index in [2.05, 4.69) is 9.97 Å². The fourth-order valence-corrected chi connectivity index (χ4v) is 2.39. The highest BCUT2D eigenvalue weighted by Gasteiger charge is 2.33. The van der Waals surface area contributed by atoms with Gasteiger partial charge in [0.1, 0.15) is 11.6 Å². The molecule has 0 radical (unpaired) electrons. The van der Waals surface area contributed by atoms with Crippen LogP contribution in [-0.2, 0) is 0 Å². The highest BCUT2D eigenvalue weighted by Crippen LogP contribution is 2.38. The Kier molecular flexibility index (Phi) is 2.95. The lowest BCUT2D eigenvalue weighted by Crippen LogP contribution is -2.28. The normalized spacial score (nSPS) is 16.9. The molecule has 21 heavy (non-hydrogen) atoms. The molecule has 3 rings (SSSR count). The van der Waals surface area contributed by atoms with Crippen molar-refractivity contribution in [1.29, 1.82) is 5.26 Å². The Balaban J connectivity index is 2.28. The molecule has 2 aromatic rings. The molecule has 6 heteroatoms. The number of nitriles is 1. The van der Waals surface area contributed by atoms with E-state index >= 15 is 0 Å². The van der Waals surface area contributed by atoms with Crippen molar-refractivity contribution < 1.29 is 4.74 Å². The average molecular weight is 280 g/mol. The van der Waals surface area contributed by atoms with Gasteiger partial charge in [-0.25, -0.2) is 4.98 Å². The van der Waals surface area contributed by atoms with E-state index in [9.17, 15) is 10.1 Å². The Morgan fingerprint density at radius 2 is 2.10 bits per heavy atom. The summed E-state index contributed by atoms with van der Waals surface area (Å²) in [4.78, 5) is 18.6. The Morgan fingerprint density at radius 3 is 2.76 bits per heavy atom. The summed E-state index contributed by atoms with van der Waals surface area (Å²) in [7, 11) is 0. The molecule has 0 saturated heterocycles. The summed E-state index contributed by atoms with van der Waals surface area (Å²) < 4.78 is 5.30.